The maximum absolute atomic E-state index is 3.35. The van der Waals surface area contributed by atoms with E-state index in [-0.39, 0.29) is 23.7 Å². The Morgan fingerprint density at radius 2 is 0.625 bits per heavy atom. The van der Waals surface area contributed by atoms with Crippen LogP contribution in [0.3, 0.4) is 0 Å². The van der Waals surface area contributed by atoms with E-state index in [0.717, 1.165) is 22.3 Å². The van der Waals surface area contributed by atoms with Crippen molar-refractivity contribution in [2.45, 2.75) is 0 Å². The lowest BCUT2D eigenvalue weighted by Crippen LogP contribution is -2.15. The molecule has 0 bridgehead atoms. The Bertz CT molecular complexity index is 1290. The van der Waals surface area contributed by atoms with Crippen LogP contribution in [0.2, 0.25) is 0 Å². The number of rotatable bonds is 4. The molecular weight excluding hydrogens is 384 g/mol. The van der Waals surface area contributed by atoms with E-state index in [1.165, 1.54) is 0 Å². The summed E-state index contributed by atoms with van der Waals surface area (Å²) in [4.78, 5) is 0. The van der Waals surface area contributed by atoms with E-state index in [1.807, 2.05) is 72.9 Å². The van der Waals surface area contributed by atoms with E-state index in [1.54, 1.807) is 0 Å². The summed E-state index contributed by atoms with van der Waals surface area (Å²) in [5.41, 5.74) is 17.2. The van der Waals surface area contributed by atoms with Gasteiger partial charge in [0.2, 0.25) is 0 Å². The van der Waals surface area contributed by atoms with Gasteiger partial charge in [0.15, 0.2) is 0 Å². The number of hydrogen-bond acceptors (Lipinski definition) is 0. The van der Waals surface area contributed by atoms with Crippen LogP contribution in [0.15, 0.2) is 118 Å². The monoisotopic (exact) mass is 400 g/mol. The first kappa shape index (κ1) is 19.3. The molecular formula is C32H16. The van der Waals surface area contributed by atoms with Gasteiger partial charge in [0.1, 0.15) is 0 Å². The van der Waals surface area contributed by atoms with E-state index in [0.29, 0.717) is 0 Å². The second kappa shape index (κ2) is 8.97. The highest BCUT2D eigenvalue weighted by Crippen LogP contribution is 2.31. The van der Waals surface area contributed by atoms with Gasteiger partial charge in [-0.25, -0.2) is 0 Å². The van der Waals surface area contributed by atoms with Crippen LogP contribution < -0.4 is 0 Å². The first-order valence-corrected chi connectivity index (χ1v) is 10.5. The standard InChI is InChI=1S/C32H16/c1-2-14-25(13-1)29-21-9-10-23-31(27-17-5-6-18-27)32(28-19-7-8-20-28)24-12-11-22-30(29)26-15-3-4-16-26/h1-8,13,15,17,19,29-32H. The van der Waals surface area contributed by atoms with Crippen molar-refractivity contribution in [3.05, 3.63) is 118 Å². The summed E-state index contributed by atoms with van der Waals surface area (Å²) in [6.07, 6.45) is 23.6. The van der Waals surface area contributed by atoms with Crippen LogP contribution in [0.5, 0.6) is 0 Å². The molecule has 144 valence electrons. The van der Waals surface area contributed by atoms with Gasteiger partial charge in [-0.3, -0.25) is 0 Å². The van der Waals surface area contributed by atoms with Crippen molar-refractivity contribution in [1.29, 1.82) is 0 Å². The maximum Gasteiger partial charge on any atom is 0.0720 e. The normalized spacial score (nSPS) is 27.0. The fourth-order valence-electron chi connectivity index (χ4n) is 3.97. The van der Waals surface area contributed by atoms with Gasteiger partial charge >= 0.3 is 0 Å². The molecule has 0 amide bonds. The molecule has 32 heavy (non-hydrogen) atoms. The molecule has 4 unspecified atom stereocenters. The Balaban J connectivity index is 1.63. The predicted molar refractivity (Wildman–Crippen MR) is 128 cm³/mol. The van der Waals surface area contributed by atoms with Crippen molar-refractivity contribution in [1.82, 2.24) is 0 Å². The lowest BCUT2D eigenvalue weighted by Gasteiger charge is -2.18. The van der Waals surface area contributed by atoms with Crippen LogP contribution in [-0.2, 0) is 0 Å². The van der Waals surface area contributed by atoms with Gasteiger partial charge < -0.3 is 0 Å². The van der Waals surface area contributed by atoms with Crippen LogP contribution in [-0.4, -0.2) is 0 Å². The van der Waals surface area contributed by atoms with Crippen LogP contribution >= 0.6 is 0 Å². The highest BCUT2D eigenvalue weighted by molar-refractivity contribution is 5.50. The van der Waals surface area contributed by atoms with Crippen molar-refractivity contribution in [2.75, 3.05) is 0 Å². The summed E-state index contributed by atoms with van der Waals surface area (Å²) in [5, 5.41) is 0. The third-order valence-corrected chi connectivity index (χ3v) is 5.53. The predicted octanol–water partition coefficient (Wildman–Crippen LogP) is 5.08. The molecule has 0 nitrogen and oxygen atoms in total. The van der Waals surface area contributed by atoms with Gasteiger partial charge in [-0.15, -0.1) is 22.9 Å². The third-order valence-electron chi connectivity index (χ3n) is 5.53. The van der Waals surface area contributed by atoms with E-state index in [2.05, 4.69) is 70.3 Å². The Morgan fingerprint density at radius 1 is 0.375 bits per heavy atom. The summed E-state index contributed by atoms with van der Waals surface area (Å²) in [6.45, 7) is 0. The summed E-state index contributed by atoms with van der Waals surface area (Å²) in [7, 11) is 0. The van der Waals surface area contributed by atoms with Gasteiger partial charge in [0, 0.05) is 22.3 Å². The van der Waals surface area contributed by atoms with Crippen molar-refractivity contribution in [2.24, 2.45) is 23.7 Å². The van der Waals surface area contributed by atoms with Gasteiger partial charge in [-0.2, -0.15) is 0 Å². The van der Waals surface area contributed by atoms with Gasteiger partial charge in [0.05, 0.1) is 23.7 Å². The van der Waals surface area contributed by atoms with Crippen molar-refractivity contribution >= 4 is 0 Å². The smallest absolute Gasteiger partial charge is 0.0720 e. The maximum atomic E-state index is 3.35. The largest absolute Gasteiger partial charge is 0.116 e. The molecule has 5 rings (SSSR count). The van der Waals surface area contributed by atoms with E-state index >= 15 is 0 Å². The van der Waals surface area contributed by atoms with Crippen LogP contribution in [0.4, 0.5) is 0 Å². The average molecular weight is 400 g/mol. The van der Waals surface area contributed by atoms with Crippen molar-refractivity contribution in [3.63, 3.8) is 0 Å². The van der Waals surface area contributed by atoms with E-state index < -0.39 is 0 Å². The van der Waals surface area contributed by atoms with Crippen molar-refractivity contribution in [3.8, 4) is 47.4 Å². The molecule has 0 spiro atoms. The zero-order valence-electron chi connectivity index (χ0n) is 17.2. The fraction of sp³-hybridized carbons (Fsp3) is 0.125. The highest BCUT2D eigenvalue weighted by Gasteiger charge is 2.26. The fourth-order valence-corrected chi connectivity index (χ4v) is 3.97. The van der Waals surface area contributed by atoms with E-state index in [4.69, 9.17) is 0 Å². The Morgan fingerprint density at radius 3 is 0.812 bits per heavy atom. The summed E-state index contributed by atoms with van der Waals surface area (Å²) in [6, 6.07) is 0. The SMILES string of the molecule is C1=CC=CC=1C1C#CC#CC(C2=C=CC=C2)C(C2=C=CC=C2)C#CC#CC1C1=C=CC=C1. The first-order valence-electron chi connectivity index (χ1n) is 10.5. The Kier molecular flexibility index (Phi) is 5.40. The second-order valence-corrected chi connectivity index (χ2v) is 7.49. The van der Waals surface area contributed by atoms with Gasteiger partial charge in [-0.1, -0.05) is 48.0 Å². The minimum Gasteiger partial charge on any atom is -0.116 e. The molecule has 0 aromatic rings. The molecule has 0 fully saturated rings. The van der Waals surface area contributed by atoms with Gasteiger partial charge in [0.25, 0.3) is 0 Å². The third kappa shape index (κ3) is 3.97. The summed E-state index contributed by atoms with van der Waals surface area (Å²) in [5.74, 6) is 25.2. The molecule has 0 radical (unpaired) electrons. The van der Waals surface area contributed by atoms with Gasteiger partial charge in [-0.05, 0) is 72.3 Å². The number of hydrogen-bond donors (Lipinski definition) is 0. The topological polar surface area (TPSA) is 0 Å². The molecule has 0 aromatic heterocycles. The summed E-state index contributed by atoms with van der Waals surface area (Å²) < 4.78 is 0. The molecule has 4 atom stereocenters. The molecule has 0 heterocycles. The Hall–Kier alpha value is -4.72. The first-order chi connectivity index (χ1) is 15.9. The zero-order valence-corrected chi connectivity index (χ0v) is 17.2. The molecule has 0 aromatic carbocycles. The van der Waals surface area contributed by atoms with Crippen molar-refractivity contribution < 1.29 is 0 Å². The second-order valence-electron chi connectivity index (χ2n) is 7.49. The molecule has 5 aliphatic rings. The molecule has 0 heteroatoms. The summed E-state index contributed by atoms with van der Waals surface area (Å²) >= 11 is 0. The molecule has 0 aliphatic heterocycles. The number of allylic oxidation sites excluding steroid dienone is 12. The molecule has 5 aliphatic carbocycles. The lowest BCUT2D eigenvalue weighted by atomic mass is 9.81. The average Bonchev–Trinajstić information content (AvgIpc) is 3.62. The highest BCUT2D eigenvalue weighted by atomic mass is 14.3. The molecule has 0 saturated heterocycles. The quantitative estimate of drug-likeness (QED) is 0.456. The Labute approximate surface area is 189 Å². The minimum absolute atomic E-state index is 0.158. The molecule has 0 N–H and O–H groups in total. The van der Waals surface area contributed by atoms with E-state index in [9.17, 15) is 0 Å². The molecule has 0 saturated carbocycles. The minimum atomic E-state index is -0.158. The van der Waals surface area contributed by atoms with Crippen LogP contribution in [0.1, 0.15) is 0 Å². The zero-order chi connectivity index (χ0) is 21.6. The van der Waals surface area contributed by atoms with Crippen LogP contribution in [0, 0.1) is 71.0 Å². The van der Waals surface area contributed by atoms with Crippen LogP contribution in [0.25, 0.3) is 0 Å². The lowest BCUT2D eigenvalue weighted by molar-refractivity contribution is 0.671.